The number of nitrogens with one attached hydrogen (secondary N) is 2. The Morgan fingerprint density at radius 3 is 2.75 bits per heavy atom. The highest BCUT2D eigenvalue weighted by Gasteiger charge is 2.08. The molecule has 0 saturated heterocycles. The van der Waals surface area contributed by atoms with Crippen LogP contribution in [-0.2, 0) is 0 Å². The summed E-state index contributed by atoms with van der Waals surface area (Å²) in [4.78, 5) is 29.0. The van der Waals surface area contributed by atoms with E-state index in [0.29, 0.717) is 0 Å². The second-order valence-corrected chi connectivity index (χ2v) is 4.71. The maximum atomic E-state index is 11.4. The number of aryl methyl sites for hydroxylation is 1. The lowest BCUT2D eigenvalue weighted by molar-refractivity contribution is 1.29. The van der Waals surface area contributed by atoms with Crippen molar-refractivity contribution in [2.45, 2.75) is 6.92 Å². The van der Waals surface area contributed by atoms with E-state index in [9.17, 15) is 9.59 Å². The minimum absolute atomic E-state index is 0.115. The second kappa shape index (κ2) is 3.05. The lowest BCUT2D eigenvalue weighted by Crippen LogP contribution is -2.04. The fraction of sp³-hybridized carbons (Fsp3) is 0.0909. The molecule has 4 nitrogen and oxygen atoms in total. The van der Waals surface area contributed by atoms with E-state index in [0.717, 1.165) is 26.0 Å². The molecule has 80 valence electrons. The fourth-order valence-corrected chi connectivity index (χ4v) is 2.95. The summed E-state index contributed by atoms with van der Waals surface area (Å²) in [6.07, 6.45) is 0. The summed E-state index contributed by atoms with van der Waals surface area (Å²) in [5.74, 6) is 0. The van der Waals surface area contributed by atoms with Crippen molar-refractivity contribution in [3.63, 3.8) is 0 Å². The minimum atomic E-state index is -0.126. The van der Waals surface area contributed by atoms with Crippen LogP contribution in [-0.4, -0.2) is 9.97 Å². The molecule has 0 aliphatic heterocycles. The van der Waals surface area contributed by atoms with Crippen molar-refractivity contribution >= 4 is 31.8 Å². The molecule has 3 aromatic heterocycles. The third kappa shape index (κ3) is 1.22. The van der Waals surface area contributed by atoms with Crippen molar-refractivity contribution in [1.29, 1.82) is 0 Å². The number of hydrogen-bond acceptors (Lipinski definition) is 3. The van der Waals surface area contributed by atoms with Crippen molar-refractivity contribution in [3.8, 4) is 0 Å². The van der Waals surface area contributed by atoms with Gasteiger partial charge >= 0.3 is 0 Å². The molecule has 5 heteroatoms. The van der Waals surface area contributed by atoms with Gasteiger partial charge in [0.25, 0.3) is 0 Å². The number of rotatable bonds is 0. The van der Waals surface area contributed by atoms with E-state index in [-0.39, 0.29) is 11.1 Å². The van der Waals surface area contributed by atoms with E-state index >= 15 is 0 Å². The van der Waals surface area contributed by atoms with Gasteiger partial charge in [-0.1, -0.05) is 0 Å². The lowest BCUT2D eigenvalue weighted by Gasteiger charge is -1.93. The summed E-state index contributed by atoms with van der Waals surface area (Å²) < 4.78 is 1.01. The van der Waals surface area contributed by atoms with Crippen LogP contribution < -0.4 is 11.1 Å². The van der Waals surface area contributed by atoms with E-state index < -0.39 is 0 Å². The third-order valence-corrected chi connectivity index (χ3v) is 3.79. The van der Waals surface area contributed by atoms with Crippen LogP contribution in [0.2, 0.25) is 0 Å². The summed E-state index contributed by atoms with van der Waals surface area (Å²) in [6, 6.07) is 4.77. The highest BCUT2D eigenvalue weighted by Crippen LogP contribution is 2.31. The van der Waals surface area contributed by atoms with E-state index in [4.69, 9.17) is 0 Å². The Kier molecular flexibility index (Phi) is 1.79. The summed E-state index contributed by atoms with van der Waals surface area (Å²) in [6.45, 7) is 1.89. The van der Waals surface area contributed by atoms with E-state index in [2.05, 4.69) is 9.97 Å². The van der Waals surface area contributed by atoms with Gasteiger partial charge in [0, 0.05) is 17.5 Å². The number of H-pyrrole nitrogens is 2. The van der Waals surface area contributed by atoms with Crippen LogP contribution in [0.15, 0.2) is 27.8 Å². The van der Waals surface area contributed by atoms with Crippen LogP contribution in [0.4, 0.5) is 0 Å². The van der Waals surface area contributed by atoms with Crippen LogP contribution in [0.5, 0.6) is 0 Å². The van der Waals surface area contributed by atoms with Crippen molar-refractivity contribution in [1.82, 2.24) is 9.97 Å². The first kappa shape index (κ1) is 9.35. The van der Waals surface area contributed by atoms with Gasteiger partial charge in [-0.2, -0.15) is 0 Å². The van der Waals surface area contributed by atoms with Gasteiger partial charge in [-0.15, -0.1) is 11.3 Å². The Hall–Kier alpha value is -1.88. The monoisotopic (exact) mass is 232 g/mol. The Balaban J connectivity index is 2.66. The molecule has 0 saturated carbocycles. The Morgan fingerprint density at radius 1 is 1.12 bits per heavy atom. The fourth-order valence-electron chi connectivity index (χ4n) is 1.83. The molecular weight excluding hydrogens is 224 g/mol. The molecule has 0 fully saturated rings. The molecule has 0 atom stereocenters. The molecule has 16 heavy (non-hydrogen) atoms. The predicted molar refractivity (Wildman–Crippen MR) is 65.3 cm³/mol. The maximum absolute atomic E-state index is 11.4. The van der Waals surface area contributed by atoms with E-state index in [1.54, 1.807) is 12.1 Å². The third-order valence-electron chi connectivity index (χ3n) is 2.54. The smallest absolute Gasteiger partial charge is 0.249 e. The number of hydrogen-bond donors (Lipinski definition) is 2. The van der Waals surface area contributed by atoms with Gasteiger partial charge in [0.2, 0.25) is 11.1 Å². The molecular formula is C11H8N2O2S. The van der Waals surface area contributed by atoms with Gasteiger partial charge in [0.05, 0.1) is 10.2 Å². The molecule has 2 N–H and O–H groups in total. The van der Waals surface area contributed by atoms with Crippen LogP contribution in [0.3, 0.4) is 0 Å². The Bertz CT molecular complexity index is 810. The number of pyridine rings is 2. The number of aromatic amines is 2. The van der Waals surface area contributed by atoms with Crippen molar-refractivity contribution < 1.29 is 0 Å². The summed E-state index contributed by atoms with van der Waals surface area (Å²) in [7, 11) is 0. The molecule has 0 aliphatic carbocycles. The van der Waals surface area contributed by atoms with Crippen molar-refractivity contribution in [2.24, 2.45) is 0 Å². The van der Waals surface area contributed by atoms with Gasteiger partial charge in [0.15, 0.2) is 0 Å². The first-order chi connectivity index (χ1) is 7.65. The average molecular weight is 232 g/mol. The zero-order valence-electron chi connectivity index (χ0n) is 8.46. The predicted octanol–water partition coefficient (Wildman–Crippen LogP) is 1.74. The highest BCUT2D eigenvalue weighted by atomic mass is 32.1. The van der Waals surface area contributed by atoms with Gasteiger partial charge in [-0.05, 0) is 18.6 Å². The van der Waals surface area contributed by atoms with Crippen LogP contribution in [0.25, 0.3) is 20.4 Å². The highest BCUT2D eigenvalue weighted by molar-refractivity contribution is 7.25. The first-order valence-electron chi connectivity index (χ1n) is 4.80. The molecule has 3 heterocycles. The summed E-state index contributed by atoms with van der Waals surface area (Å²) >= 11 is 1.49. The Labute approximate surface area is 93.6 Å². The first-order valence-corrected chi connectivity index (χ1v) is 5.62. The average Bonchev–Trinajstić information content (AvgIpc) is 2.56. The van der Waals surface area contributed by atoms with Crippen molar-refractivity contribution in [3.05, 3.63) is 44.5 Å². The summed E-state index contributed by atoms with van der Waals surface area (Å²) in [5, 5.41) is 0.889. The largest absolute Gasteiger partial charge is 0.321 e. The zero-order valence-corrected chi connectivity index (χ0v) is 9.27. The normalized spacial score (nSPS) is 11.3. The molecule has 0 aromatic carbocycles. The number of aromatic nitrogens is 2. The standard InChI is InChI=1S/C11H8N2O2S/c1-5-4-8(15)12-9-6-2-3-7(14)13-11(6)16-10(5)9/h2-4H,1H3,(H,12,15)(H,13,14). The maximum Gasteiger partial charge on any atom is 0.249 e. The molecule has 0 aliphatic rings. The summed E-state index contributed by atoms with van der Waals surface area (Å²) in [5.41, 5.74) is 1.50. The van der Waals surface area contributed by atoms with E-state index in [1.165, 1.54) is 17.4 Å². The van der Waals surface area contributed by atoms with E-state index in [1.807, 2.05) is 6.92 Å². The molecule has 3 aromatic rings. The van der Waals surface area contributed by atoms with Crippen LogP contribution >= 0.6 is 11.3 Å². The minimum Gasteiger partial charge on any atom is -0.321 e. The van der Waals surface area contributed by atoms with Crippen LogP contribution in [0.1, 0.15) is 5.56 Å². The molecule has 0 spiro atoms. The Morgan fingerprint density at radius 2 is 1.94 bits per heavy atom. The zero-order chi connectivity index (χ0) is 11.3. The lowest BCUT2D eigenvalue weighted by atomic mass is 10.2. The number of fused-ring (bicyclic) bond motifs is 3. The molecule has 3 rings (SSSR count). The van der Waals surface area contributed by atoms with Gasteiger partial charge in [0.1, 0.15) is 4.83 Å². The van der Waals surface area contributed by atoms with Crippen LogP contribution in [0, 0.1) is 6.92 Å². The SMILES string of the molecule is Cc1cc(=O)[nH]c2c1sc1[nH]c(=O)ccc12. The molecule has 0 amide bonds. The quantitative estimate of drug-likeness (QED) is 0.620. The second-order valence-electron chi connectivity index (χ2n) is 3.69. The van der Waals surface area contributed by atoms with Gasteiger partial charge < -0.3 is 9.97 Å². The van der Waals surface area contributed by atoms with Crippen molar-refractivity contribution in [2.75, 3.05) is 0 Å². The molecule has 0 bridgehead atoms. The molecule has 0 radical (unpaired) electrons. The molecule has 0 unspecified atom stereocenters. The number of thiophene rings is 1. The topological polar surface area (TPSA) is 65.7 Å². The van der Waals surface area contributed by atoms with Gasteiger partial charge in [-0.3, -0.25) is 9.59 Å². The van der Waals surface area contributed by atoms with Gasteiger partial charge in [-0.25, -0.2) is 0 Å².